The SMILES string of the molecule is O=C(Nc1ccccc1)[C@@H]1CCCN(C(=O)CCN2C(=O)[C@H]3CCCC[C@H]3C2=O)C1. The molecule has 0 unspecified atom stereocenters. The van der Waals surface area contributed by atoms with Gasteiger partial charge in [-0.1, -0.05) is 31.0 Å². The van der Waals surface area contributed by atoms with Crippen LogP contribution in [-0.2, 0) is 19.2 Å². The number of hydrogen-bond acceptors (Lipinski definition) is 4. The maximum absolute atomic E-state index is 12.8. The predicted octanol–water partition coefficient (Wildman–Crippen LogP) is 2.43. The molecule has 1 N–H and O–H groups in total. The van der Waals surface area contributed by atoms with Crippen molar-refractivity contribution in [1.29, 1.82) is 0 Å². The lowest BCUT2D eigenvalue weighted by atomic mass is 9.81. The molecule has 0 aromatic heterocycles. The monoisotopic (exact) mass is 411 g/mol. The molecule has 4 amide bonds. The van der Waals surface area contributed by atoms with Gasteiger partial charge in [0.1, 0.15) is 0 Å². The number of piperidine rings is 1. The number of hydrogen-bond donors (Lipinski definition) is 1. The number of anilines is 1. The van der Waals surface area contributed by atoms with Gasteiger partial charge in [0.25, 0.3) is 0 Å². The lowest BCUT2D eigenvalue weighted by Gasteiger charge is -2.32. The lowest BCUT2D eigenvalue weighted by Crippen LogP contribution is -2.45. The van der Waals surface area contributed by atoms with E-state index in [1.54, 1.807) is 4.90 Å². The largest absolute Gasteiger partial charge is 0.342 e. The summed E-state index contributed by atoms with van der Waals surface area (Å²) in [4.78, 5) is 53.5. The van der Waals surface area contributed by atoms with Crippen molar-refractivity contribution < 1.29 is 19.2 Å². The average Bonchev–Trinajstić information content (AvgIpc) is 3.03. The van der Waals surface area contributed by atoms with Crippen LogP contribution in [0.25, 0.3) is 0 Å². The topological polar surface area (TPSA) is 86.8 Å². The van der Waals surface area contributed by atoms with Crippen LogP contribution in [0.3, 0.4) is 0 Å². The molecule has 7 heteroatoms. The van der Waals surface area contributed by atoms with Gasteiger partial charge in [-0.3, -0.25) is 24.1 Å². The van der Waals surface area contributed by atoms with Crippen LogP contribution in [0.1, 0.15) is 44.9 Å². The molecule has 1 aliphatic carbocycles. The van der Waals surface area contributed by atoms with Crippen molar-refractivity contribution in [2.24, 2.45) is 17.8 Å². The number of imide groups is 1. The van der Waals surface area contributed by atoms with Gasteiger partial charge in [-0.05, 0) is 37.8 Å². The Kier molecular flexibility index (Phi) is 6.16. The molecule has 2 heterocycles. The van der Waals surface area contributed by atoms with E-state index in [2.05, 4.69) is 5.32 Å². The molecule has 2 saturated heterocycles. The van der Waals surface area contributed by atoms with Crippen LogP contribution < -0.4 is 5.32 Å². The molecule has 0 radical (unpaired) electrons. The first-order valence-electron chi connectivity index (χ1n) is 11.0. The summed E-state index contributed by atoms with van der Waals surface area (Å²) >= 11 is 0. The van der Waals surface area contributed by atoms with E-state index in [1.807, 2.05) is 30.3 Å². The number of benzene rings is 1. The van der Waals surface area contributed by atoms with E-state index in [-0.39, 0.29) is 54.3 Å². The van der Waals surface area contributed by atoms with Gasteiger partial charge in [-0.25, -0.2) is 0 Å². The number of likely N-dealkylation sites (tertiary alicyclic amines) is 2. The number of nitrogens with one attached hydrogen (secondary N) is 1. The molecule has 3 fully saturated rings. The maximum atomic E-state index is 12.8. The molecule has 3 aliphatic rings. The fraction of sp³-hybridized carbons (Fsp3) is 0.565. The summed E-state index contributed by atoms with van der Waals surface area (Å²) < 4.78 is 0. The first kappa shape index (κ1) is 20.6. The highest BCUT2D eigenvalue weighted by molar-refractivity contribution is 6.05. The van der Waals surface area contributed by atoms with Crippen LogP contribution in [0.4, 0.5) is 5.69 Å². The van der Waals surface area contributed by atoms with Crippen LogP contribution in [0, 0.1) is 17.8 Å². The molecule has 0 spiro atoms. The molecule has 1 aromatic carbocycles. The summed E-state index contributed by atoms with van der Waals surface area (Å²) in [7, 11) is 0. The standard InChI is InChI=1S/C23H29N3O4/c27-20(12-14-26-22(29)18-10-4-5-11-19(18)23(26)30)25-13-6-7-16(15-25)21(28)24-17-8-2-1-3-9-17/h1-3,8-9,16,18-19H,4-7,10-15H2,(H,24,28)/t16-,18-,19+/m1/s1. The molecular weight excluding hydrogens is 382 g/mol. The number of para-hydroxylation sites is 1. The minimum atomic E-state index is -0.249. The Labute approximate surface area is 176 Å². The Morgan fingerprint density at radius 1 is 0.933 bits per heavy atom. The van der Waals surface area contributed by atoms with Crippen molar-refractivity contribution in [1.82, 2.24) is 9.80 Å². The average molecular weight is 412 g/mol. The molecule has 30 heavy (non-hydrogen) atoms. The zero-order valence-corrected chi connectivity index (χ0v) is 17.2. The van der Waals surface area contributed by atoms with E-state index in [9.17, 15) is 19.2 Å². The van der Waals surface area contributed by atoms with Crippen LogP contribution >= 0.6 is 0 Å². The highest BCUT2D eigenvalue weighted by Crippen LogP contribution is 2.38. The van der Waals surface area contributed by atoms with Crippen molar-refractivity contribution in [2.75, 3.05) is 25.0 Å². The number of amides is 4. The Hall–Kier alpha value is -2.70. The van der Waals surface area contributed by atoms with Gasteiger partial charge in [-0.15, -0.1) is 0 Å². The Morgan fingerprint density at radius 2 is 1.60 bits per heavy atom. The summed E-state index contributed by atoms with van der Waals surface area (Å²) in [6, 6.07) is 9.30. The fourth-order valence-electron chi connectivity index (χ4n) is 5.00. The Balaban J connectivity index is 1.30. The van der Waals surface area contributed by atoms with E-state index in [1.165, 1.54) is 4.90 Å². The molecule has 4 rings (SSSR count). The third-order valence-electron chi connectivity index (χ3n) is 6.67. The van der Waals surface area contributed by atoms with E-state index in [0.717, 1.165) is 44.2 Å². The molecule has 160 valence electrons. The summed E-state index contributed by atoms with van der Waals surface area (Å²) in [6.07, 6.45) is 5.19. The highest BCUT2D eigenvalue weighted by atomic mass is 16.2. The van der Waals surface area contributed by atoms with E-state index in [4.69, 9.17) is 0 Å². The second-order valence-corrected chi connectivity index (χ2v) is 8.61. The van der Waals surface area contributed by atoms with E-state index >= 15 is 0 Å². The van der Waals surface area contributed by atoms with Crippen molar-refractivity contribution >= 4 is 29.3 Å². The van der Waals surface area contributed by atoms with Crippen molar-refractivity contribution in [3.63, 3.8) is 0 Å². The number of carbonyl (C=O) groups is 4. The minimum absolute atomic E-state index is 0.0762. The molecule has 1 aromatic rings. The van der Waals surface area contributed by atoms with Gasteiger partial charge >= 0.3 is 0 Å². The third-order valence-corrected chi connectivity index (χ3v) is 6.67. The second kappa shape index (κ2) is 8.98. The van der Waals surface area contributed by atoms with Crippen molar-refractivity contribution in [3.05, 3.63) is 30.3 Å². The first-order valence-corrected chi connectivity index (χ1v) is 11.0. The van der Waals surface area contributed by atoms with Crippen LogP contribution in [-0.4, -0.2) is 53.1 Å². The summed E-state index contributed by atoms with van der Waals surface area (Å²) in [5.74, 6) is -0.978. The number of nitrogens with zero attached hydrogens (tertiary/aromatic N) is 2. The van der Waals surface area contributed by atoms with Gasteiger partial charge in [0.15, 0.2) is 0 Å². The van der Waals surface area contributed by atoms with Crippen molar-refractivity contribution in [2.45, 2.75) is 44.9 Å². The molecular formula is C23H29N3O4. The van der Waals surface area contributed by atoms with Gasteiger partial charge in [-0.2, -0.15) is 0 Å². The van der Waals surface area contributed by atoms with E-state index in [0.29, 0.717) is 13.1 Å². The zero-order valence-electron chi connectivity index (χ0n) is 17.2. The van der Waals surface area contributed by atoms with Crippen LogP contribution in [0.5, 0.6) is 0 Å². The number of carbonyl (C=O) groups excluding carboxylic acids is 4. The molecule has 1 saturated carbocycles. The quantitative estimate of drug-likeness (QED) is 0.754. The molecule has 2 aliphatic heterocycles. The number of fused-ring (bicyclic) bond motifs is 1. The highest BCUT2D eigenvalue weighted by Gasteiger charge is 2.48. The lowest BCUT2D eigenvalue weighted by molar-refractivity contribution is -0.141. The van der Waals surface area contributed by atoms with E-state index < -0.39 is 0 Å². The Morgan fingerprint density at radius 3 is 2.27 bits per heavy atom. The molecule has 7 nitrogen and oxygen atoms in total. The van der Waals surface area contributed by atoms with Crippen LogP contribution in [0.15, 0.2) is 30.3 Å². The normalized spacial score (nSPS) is 26.5. The van der Waals surface area contributed by atoms with Gasteiger partial charge in [0, 0.05) is 31.7 Å². The minimum Gasteiger partial charge on any atom is -0.342 e. The van der Waals surface area contributed by atoms with Gasteiger partial charge < -0.3 is 10.2 Å². The Bertz CT molecular complexity index is 801. The molecule has 3 atom stereocenters. The third kappa shape index (κ3) is 4.25. The van der Waals surface area contributed by atoms with Crippen molar-refractivity contribution in [3.8, 4) is 0 Å². The predicted molar refractivity (Wildman–Crippen MR) is 111 cm³/mol. The second-order valence-electron chi connectivity index (χ2n) is 8.61. The summed E-state index contributed by atoms with van der Waals surface area (Å²) in [6.45, 7) is 1.15. The smallest absolute Gasteiger partial charge is 0.233 e. The fourth-order valence-corrected chi connectivity index (χ4v) is 5.00. The zero-order chi connectivity index (χ0) is 21.1. The summed E-state index contributed by atoms with van der Waals surface area (Å²) in [5, 5.41) is 2.91. The van der Waals surface area contributed by atoms with Gasteiger partial charge in [0.2, 0.25) is 23.6 Å². The maximum Gasteiger partial charge on any atom is 0.233 e. The number of rotatable bonds is 5. The van der Waals surface area contributed by atoms with Crippen LogP contribution in [0.2, 0.25) is 0 Å². The van der Waals surface area contributed by atoms with Gasteiger partial charge in [0.05, 0.1) is 17.8 Å². The summed E-state index contributed by atoms with van der Waals surface area (Å²) in [5.41, 5.74) is 0.749. The molecule has 0 bridgehead atoms. The first-order chi connectivity index (χ1) is 14.5.